The van der Waals surface area contributed by atoms with Gasteiger partial charge in [-0.15, -0.1) is 0 Å². The van der Waals surface area contributed by atoms with Gasteiger partial charge >= 0.3 is 6.09 Å². The number of carbonyl (C=O) groups excluding carboxylic acids is 1. The molecule has 134 valence electrons. The van der Waals surface area contributed by atoms with Crippen LogP contribution in [0.4, 0.5) is 10.6 Å². The third-order valence-corrected chi connectivity index (χ3v) is 5.54. The second-order valence-electron chi connectivity index (χ2n) is 7.53. The van der Waals surface area contributed by atoms with Crippen LogP contribution in [0, 0.1) is 11.8 Å². The minimum atomic E-state index is -0.167. The molecular formula is C18H25N5O2. The zero-order valence-electron chi connectivity index (χ0n) is 15.0. The van der Waals surface area contributed by atoms with Gasteiger partial charge in [0, 0.05) is 32.4 Å². The Morgan fingerprint density at radius 3 is 2.72 bits per heavy atom. The number of likely N-dealkylation sites (tertiary alicyclic amines) is 1. The Morgan fingerprint density at radius 2 is 2.04 bits per heavy atom. The molecule has 0 aromatic carbocycles. The molecule has 0 radical (unpaired) electrons. The maximum Gasteiger partial charge on any atom is 0.410 e. The fourth-order valence-electron chi connectivity index (χ4n) is 4.32. The number of hydrogen-bond acceptors (Lipinski definition) is 5. The third kappa shape index (κ3) is 2.92. The number of anilines is 1. The van der Waals surface area contributed by atoms with E-state index in [1.165, 1.54) is 0 Å². The Labute approximate surface area is 147 Å². The van der Waals surface area contributed by atoms with Crippen LogP contribution in [-0.4, -0.2) is 58.2 Å². The summed E-state index contributed by atoms with van der Waals surface area (Å²) in [6.07, 6.45) is 5.46. The number of carbonyl (C=O) groups is 1. The van der Waals surface area contributed by atoms with E-state index < -0.39 is 0 Å². The Kier molecular flexibility index (Phi) is 4.01. The van der Waals surface area contributed by atoms with Crippen LogP contribution in [-0.2, 0) is 4.74 Å². The molecule has 2 atom stereocenters. The number of fused-ring (bicyclic) bond motifs is 2. The van der Waals surface area contributed by atoms with Gasteiger partial charge in [-0.2, -0.15) is 0 Å². The fraction of sp³-hybridized carbons (Fsp3) is 0.611. The molecular weight excluding hydrogens is 318 g/mol. The summed E-state index contributed by atoms with van der Waals surface area (Å²) in [7, 11) is 2.12. The van der Waals surface area contributed by atoms with Gasteiger partial charge in [0.05, 0.1) is 11.5 Å². The maximum absolute atomic E-state index is 12.1. The zero-order valence-corrected chi connectivity index (χ0v) is 15.0. The van der Waals surface area contributed by atoms with Crippen LogP contribution < -0.4 is 4.90 Å². The molecule has 1 aliphatic carbocycles. The number of aromatic nitrogens is 3. The Balaban J connectivity index is 1.43. The SMILES string of the molecule is CC(C)OC(=O)N1C[C@H]2CC(N(C)c3ncnc4[nH]ccc34)C[C@@H]2C1. The van der Waals surface area contributed by atoms with Crippen molar-refractivity contribution in [2.24, 2.45) is 11.8 Å². The molecule has 0 bridgehead atoms. The van der Waals surface area contributed by atoms with Crippen LogP contribution in [0.25, 0.3) is 11.0 Å². The molecule has 1 saturated carbocycles. The summed E-state index contributed by atoms with van der Waals surface area (Å²) in [6, 6.07) is 2.48. The smallest absolute Gasteiger partial charge is 0.410 e. The Bertz CT molecular complexity index is 760. The molecule has 0 unspecified atom stereocenters. The van der Waals surface area contributed by atoms with E-state index in [0.29, 0.717) is 17.9 Å². The van der Waals surface area contributed by atoms with Gasteiger partial charge in [0.25, 0.3) is 0 Å². The van der Waals surface area contributed by atoms with Gasteiger partial charge in [-0.3, -0.25) is 0 Å². The molecule has 2 aromatic heterocycles. The molecule has 1 amide bonds. The first-order valence-corrected chi connectivity index (χ1v) is 8.99. The van der Waals surface area contributed by atoms with Gasteiger partial charge in [0.1, 0.15) is 17.8 Å². The van der Waals surface area contributed by atoms with Crippen LogP contribution in [0.3, 0.4) is 0 Å². The van der Waals surface area contributed by atoms with Crippen LogP contribution in [0.1, 0.15) is 26.7 Å². The van der Waals surface area contributed by atoms with Crippen molar-refractivity contribution in [1.29, 1.82) is 0 Å². The minimum Gasteiger partial charge on any atom is -0.447 e. The average molecular weight is 343 g/mol. The number of amides is 1. The Morgan fingerprint density at radius 1 is 1.32 bits per heavy atom. The largest absolute Gasteiger partial charge is 0.447 e. The Hall–Kier alpha value is -2.31. The van der Waals surface area contributed by atoms with E-state index in [0.717, 1.165) is 42.8 Å². The number of nitrogens with one attached hydrogen (secondary N) is 1. The fourth-order valence-corrected chi connectivity index (χ4v) is 4.32. The molecule has 1 N–H and O–H groups in total. The van der Waals surface area contributed by atoms with Crippen molar-refractivity contribution in [3.05, 3.63) is 18.6 Å². The number of aromatic amines is 1. The van der Waals surface area contributed by atoms with Crippen molar-refractivity contribution in [2.45, 2.75) is 38.8 Å². The second-order valence-corrected chi connectivity index (χ2v) is 7.53. The highest BCUT2D eigenvalue weighted by atomic mass is 16.6. The normalized spacial score (nSPS) is 23.4. The predicted molar refractivity (Wildman–Crippen MR) is 95.5 cm³/mol. The molecule has 0 spiro atoms. The summed E-state index contributed by atoms with van der Waals surface area (Å²) < 4.78 is 5.34. The highest BCUT2D eigenvalue weighted by Crippen LogP contribution is 2.41. The summed E-state index contributed by atoms with van der Waals surface area (Å²) >= 11 is 0. The first kappa shape index (κ1) is 16.2. The van der Waals surface area contributed by atoms with E-state index >= 15 is 0 Å². The van der Waals surface area contributed by atoms with Crippen LogP contribution in [0.2, 0.25) is 0 Å². The number of hydrogen-bond donors (Lipinski definition) is 1. The van der Waals surface area contributed by atoms with Crippen LogP contribution in [0.5, 0.6) is 0 Å². The van der Waals surface area contributed by atoms with Crippen LogP contribution in [0.15, 0.2) is 18.6 Å². The molecule has 2 aliphatic rings. The van der Waals surface area contributed by atoms with Gasteiger partial charge in [-0.05, 0) is 44.6 Å². The summed E-state index contributed by atoms with van der Waals surface area (Å²) in [5, 5.41) is 1.06. The zero-order chi connectivity index (χ0) is 17.6. The van der Waals surface area contributed by atoms with E-state index in [4.69, 9.17) is 4.74 Å². The van der Waals surface area contributed by atoms with Crippen LogP contribution >= 0.6 is 0 Å². The quantitative estimate of drug-likeness (QED) is 0.927. The first-order valence-electron chi connectivity index (χ1n) is 8.99. The molecule has 7 heteroatoms. The van der Waals surface area contributed by atoms with Crippen molar-refractivity contribution in [2.75, 3.05) is 25.0 Å². The number of H-pyrrole nitrogens is 1. The molecule has 3 heterocycles. The molecule has 2 aromatic rings. The lowest BCUT2D eigenvalue weighted by atomic mass is 10.0. The third-order valence-electron chi connectivity index (χ3n) is 5.54. The van der Waals surface area contributed by atoms with Crippen molar-refractivity contribution >= 4 is 22.9 Å². The van der Waals surface area contributed by atoms with E-state index in [1.54, 1.807) is 6.33 Å². The monoisotopic (exact) mass is 343 g/mol. The molecule has 1 aliphatic heterocycles. The first-order chi connectivity index (χ1) is 12.0. The van der Waals surface area contributed by atoms with E-state index in [-0.39, 0.29) is 12.2 Å². The minimum absolute atomic E-state index is 0.0617. The summed E-state index contributed by atoms with van der Waals surface area (Å²) in [5.41, 5.74) is 0.873. The van der Waals surface area contributed by atoms with E-state index in [9.17, 15) is 4.79 Å². The maximum atomic E-state index is 12.1. The van der Waals surface area contributed by atoms with Gasteiger partial charge in [0.15, 0.2) is 0 Å². The lowest BCUT2D eigenvalue weighted by molar-refractivity contribution is 0.0812. The lowest BCUT2D eigenvalue weighted by Gasteiger charge is -2.28. The predicted octanol–water partition coefficient (Wildman–Crippen LogP) is 2.65. The molecule has 2 fully saturated rings. The van der Waals surface area contributed by atoms with Gasteiger partial charge in [-0.25, -0.2) is 14.8 Å². The lowest BCUT2D eigenvalue weighted by Crippen LogP contribution is -2.35. The average Bonchev–Trinajstić information content (AvgIpc) is 3.26. The second kappa shape index (κ2) is 6.20. The highest BCUT2D eigenvalue weighted by molar-refractivity contribution is 5.87. The topological polar surface area (TPSA) is 74.3 Å². The van der Waals surface area contributed by atoms with Gasteiger partial charge < -0.3 is 19.5 Å². The molecule has 7 nitrogen and oxygen atoms in total. The highest BCUT2D eigenvalue weighted by Gasteiger charge is 2.44. The van der Waals surface area contributed by atoms with Gasteiger partial charge in [0.2, 0.25) is 0 Å². The molecule has 4 rings (SSSR count). The van der Waals surface area contributed by atoms with E-state index in [1.807, 2.05) is 31.0 Å². The summed E-state index contributed by atoms with van der Waals surface area (Å²) in [4.78, 5) is 28.2. The molecule has 25 heavy (non-hydrogen) atoms. The van der Waals surface area contributed by atoms with E-state index in [2.05, 4.69) is 26.9 Å². The van der Waals surface area contributed by atoms with Gasteiger partial charge in [-0.1, -0.05) is 0 Å². The van der Waals surface area contributed by atoms with Crippen molar-refractivity contribution < 1.29 is 9.53 Å². The number of rotatable bonds is 3. The molecule has 1 saturated heterocycles. The van der Waals surface area contributed by atoms with Crippen molar-refractivity contribution in [1.82, 2.24) is 19.9 Å². The summed E-state index contributed by atoms with van der Waals surface area (Å²) in [6.45, 7) is 5.40. The van der Waals surface area contributed by atoms with Crippen molar-refractivity contribution in [3.63, 3.8) is 0 Å². The number of nitrogens with zero attached hydrogens (tertiary/aromatic N) is 4. The van der Waals surface area contributed by atoms with Crippen molar-refractivity contribution in [3.8, 4) is 0 Å². The summed E-state index contributed by atoms with van der Waals surface area (Å²) in [5.74, 6) is 2.08. The standard InChI is InChI=1S/C18H25N5O2/c1-11(2)25-18(24)23-8-12-6-14(7-13(12)9-23)22(3)17-15-4-5-19-16(15)20-10-21-17/h4-5,10-14H,6-9H2,1-3H3,(H,19,20,21)/t12-,13-/m1/s1. The number of ether oxygens (including phenoxy) is 1.